The molecule has 6 nitrogen and oxygen atoms in total. The molecule has 25 heavy (non-hydrogen) atoms. The molecule has 0 bridgehead atoms. The van der Waals surface area contributed by atoms with E-state index in [0.29, 0.717) is 18.7 Å². The van der Waals surface area contributed by atoms with Gasteiger partial charge in [-0.15, -0.1) is 0 Å². The number of ether oxygens (including phenoxy) is 1. The van der Waals surface area contributed by atoms with E-state index in [2.05, 4.69) is 15.6 Å². The van der Waals surface area contributed by atoms with Crippen molar-refractivity contribution >= 4 is 11.9 Å². The topological polar surface area (TPSA) is 75.9 Å². The minimum Gasteiger partial charge on any atom is -0.469 e. The number of rotatable bonds is 8. The van der Waals surface area contributed by atoms with Gasteiger partial charge in [0.25, 0.3) is 0 Å². The molecule has 0 radical (unpaired) electrons. The highest BCUT2D eigenvalue weighted by Crippen LogP contribution is 2.07. The summed E-state index contributed by atoms with van der Waals surface area (Å²) in [4.78, 5) is 16.2. The van der Waals surface area contributed by atoms with Gasteiger partial charge in [0.05, 0.1) is 25.0 Å². The van der Waals surface area contributed by atoms with Crippen molar-refractivity contribution in [2.45, 2.75) is 26.8 Å². The SMILES string of the molecule is CCNC(=NCc1ccc(C(=O)OCC)cc1)NCCc1ccco1. The highest BCUT2D eigenvalue weighted by molar-refractivity contribution is 5.89. The van der Waals surface area contributed by atoms with Crippen molar-refractivity contribution in [3.63, 3.8) is 0 Å². The van der Waals surface area contributed by atoms with Crippen molar-refractivity contribution in [1.29, 1.82) is 0 Å². The fourth-order valence-corrected chi connectivity index (χ4v) is 2.23. The standard InChI is InChI=1S/C19H25N3O3/c1-3-20-19(21-12-11-17-6-5-13-25-17)22-14-15-7-9-16(10-8-15)18(23)24-4-2/h5-10,13H,3-4,11-12,14H2,1-2H3,(H2,20,21,22). The maximum absolute atomic E-state index is 11.6. The van der Waals surface area contributed by atoms with E-state index in [9.17, 15) is 4.79 Å². The lowest BCUT2D eigenvalue weighted by Crippen LogP contribution is -2.38. The molecule has 0 aliphatic rings. The summed E-state index contributed by atoms with van der Waals surface area (Å²) < 4.78 is 10.3. The summed E-state index contributed by atoms with van der Waals surface area (Å²) in [7, 11) is 0. The molecule has 6 heteroatoms. The number of hydrogen-bond acceptors (Lipinski definition) is 4. The molecular formula is C19H25N3O3. The van der Waals surface area contributed by atoms with Gasteiger partial charge >= 0.3 is 5.97 Å². The van der Waals surface area contributed by atoms with Crippen LogP contribution in [0.5, 0.6) is 0 Å². The third-order valence-corrected chi connectivity index (χ3v) is 3.47. The molecule has 0 atom stereocenters. The fraction of sp³-hybridized carbons (Fsp3) is 0.368. The molecule has 0 saturated heterocycles. The first kappa shape index (κ1) is 18.6. The molecule has 2 aromatic rings. The lowest BCUT2D eigenvalue weighted by Gasteiger charge is -2.10. The molecule has 0 saturated carbocycles. The highest BCUT2D eigenvalue weighted by Gasteiger charge is 2.05. The molecular weight excluding hydrogens is 318 g/mol. The first-order valence-electron chi connectivity index (χ1n) is 8.53. The van der Waals surface area contributed by atoms with Gasteiger partial charge in [0.2, 0.25) is 0 Å². The summed E-state index contributed by atoms with van der Waals surface area (Å²) >= 11 is 0. The van der Waals surface area contributed by atoms with E-state index in [1.165, 1.54) is 0 Å². The van der Waals surface area contributed by atoms with Crippen molar-refractivity contribution < 1.29 is 13.9 Å². The number of guanidine groups is 1. The van der Waals surface area contributed by atoms with Gasteiger partial charge in [-0.1, -0.05) is 12.1 Å². The Balaban J connectivity index is 1.87. The van der Waals surface area contributed by atoms with E-state index < -0.39 is 0 Å². The summed E-state index contributed by atoms with van der Waals surface area (Å²) in [6.45, 7) is 6.25. The van der Waals surface area contributed by atoms with Gasteiger partial charge in [-0.3, -0.25) is 0 Å². The number of carbonyl (C=O) groups is 1. The third kappa shape index (κ3) is 6.33. The normalized spacial score (nSPS) is 11.2. The minimum absolute atomic E-state index is 0.300. The third-order valence-electron chi connectivity index (χ3n) is 3.47. The van der Waals surface area contributed by atoms with Crippen molar-refractivity contribution in [3.05, 3.63) is 59.5 Å². The average Bonchev–Trinajstić information content (AvgIpc) is 3.14. The van der Waals surface area contributed by atoms with Crippen LogP contribution in [0.15, 0.2) is 52.1 Å². The van der Waals surface area contributed by atoms with Gasteiger partial charge in [-0.25, -0.2) is 9.79 Å². The molecule has 2 rings (SSSR count). The maximum atomic E-state index is 11.6. The predicted octanol–water partition coefficient (Wildman–Crippen LogP) is 2.75. The van der Waals surface area contributed by atoms with Gasteiger partial charge in [0.15, 0.2) is 5.96 Å². The lowest BCUT2D eigenvalue weighted by atomic mass is 10.1. The maximum Gasteiger partial charge on any atom is 0.338 e. The van der Waals surface area contributed by atoms with E-state index >= 15 is 0 Å². The average molecular weight is 343 g/mol. The second kappa shape index (κ2) is 10.2. The number of hydrogen-bond donors (Lipinski definition) is 2. The summed E-state index contributed by atoms with van der Waals surface area (Å²) in [6, 6.07) is 11.1. The van der Waals surface area contributed by atoms with Crippen LogP contribution in [0.1, 0.15) is 35.5 Å². The largest absolute Gasteiger partial charge is 0.469 e. The molecule has 0 aliphatic carbocycles. The molecule has 1 heterocycles. The van der Waals surface area contributed by atoms with Crippen LogP contribution in [0.3, 0.4) is 0 Å². The monoisotopic (exact) mass is 343 g/mol. The molecule has 0 unspecified atom stereocenters. The molecule has 1 aromatic carbocycles. The first-order valence-corrected chi connectivity index (χ1v) is 8.53. The van der Waals surface area contributed by atoms with Gasteiger partial charge in [0.1, 0.15) is 5.76 Å². The van der Waals surface area contributed by atoms with Gasteiger partial charge in [-0.05, 0) is 43.7 Å². The minimum atomic E-state index is -0.300. The van der Waals surface area contributed by atoms with Crippen LogP contribution in [0, 0.1) is 0 Å². The van der Waals surface area contributed by atoms with Crippen molar-refractivity contribution in [2.24, 2.45) is 4.99 Å². The van der Waals surface area contributed by atoms with Crippen molar-refractivity contribution in [3.8, 4) is 0 Å². The first-order chi connectivity index (χ1) is 12.2. The Labute approximate surface area is 148 Å². The van der Waals surface area contributed by atoms with Crippen molar-refractivity contribution in [1.82, 2.24) is 10.6 Å². The molecule has 134 valence electrons. The Bertz CT molecular complexity index is 664. The van der Waals surface area contributed by atoms with Gasteiger partial charge in [-0.2, -0.15) is 0 Å². The number of carbonyl (C=O) groups excluding carboxylic acids is 1. The van der Waals surface area contributed by atoms with Crippen LogP contribution >= 0.6 is 0 Å². The lowest BCUT2D eigenvalue weighted by molar-refractivity contribution is 0.0526. The Morgan fingerprint density at radius 1 is 1.16 bits per heavy atom. The van der Waals surface area contributed by atoms with E-state index in [4.69, 9.17) is 9.15 Å². The van der Waals surface area contributed by atoms with Gasteiger partial charge in [0, 0.05) is 19.5 Å². The second-order valence-electron chi connectivity index (χ2n) is 5.37. The Hall–Kier alpha value is -2.76. The van der Waals surface area contributed by atoms with Crippen molar-refractivity contribution in [2.75, 3.05) is 19.7 Å². The van der Waals surface area contributed by atoms with Crippen LogP contribution in [0.25, 0.3) is 0 Å². The van der Waals surface area contributed by atoms with Crippen LogP contribution in [0.2, 0.25) is 0 Å². The molecule has 0 spiro atoms. The summed E-state index contributed by atoms with van der Waals surface area (Å²) in [5, 5.41) is 6.49. The van der Waals surface area contributed by atoms with Crippen LogP contribution in [-0.2, 0) is 17.7 Å². The number of benzene rings is 1. The zero-order chi connectivity index (χ0) is 17.9. The fourth-order valence-electron chi connectivity index (χ4n) is 2.23. The van der Waals surface area contributed by atoms with Crippen LogP contribution < -0.4 is 10.6 Å². The van der Waals surface area contributed by atoms with Gasteiger partial charge < -0.3 is 19.8 Å². The second-order valence-corrected chi connectivity index (χ2v) is 5.37. The summed E-state index contributed by atoms with van der Waals surface area (Å²) in [5.74, 6) is 1.40. The van der Waals surface area contributed by atoms with E-state index in [1.54, 1.807) is 25.3 Å². The molecule has 0 aliphatic heterocycles. The number of furan rings is 1. The number of esters is 1. The molecule has 0 fully saturated rings. The number of nitrogens with one attached hydrogen (secondary N) is 2. The highest BCUT2D eigenvalue weighted by atomic mass is 16.5. The predicted molar refractivity (Wildman–Crippen MR) is 97.6 cm³/mol. The number of nitrogens with zero attached hydrogens (tertiary/aromatic N) is 1. The smallest absolute Gasteiger partial charge is 0.338 e. The van der Waals surface area contributed by atoms with Crippen LogP contribution in [-0.4, -0.2) is 31.6 Å². The molecule has 1 aromatic heterocycles. The zero-order valence-electron chi connectivity index (χ0n) is 14.7. The molecule has 2 N–H and O–H groups in total. The Morgan fingerprint density at radius 3 is 2.60 bits per heavy atom. The van der Waals surface area contributed by atoms with E-state index in [1.807, 2.05) is 31.2 Å². The van der Waals surface area contributed by atoms with Crippen LogP contribution in [0.4, 0.5) is 0 Å². The number of aliphatic imine (C=N–C) groups is 1. The zero-order valence-corrected chi connectivity index (χ0v) is 14.7. The quantitative estimate of drug-likeness (QED) is 0.438. The van der Waals surface area contributed by atoms with E-state index in [-0.39, 0.29) is 5.97 Å². The Kier molecular flexibility index (Phi) is 7.56. The molecule has 0 amide bonds. The summed E-state index contributed by atoms with van der Waals surface area (Å²) in [5.41, 5.74) is 1.58. The Morgan fingerprint density at radius 2 is 1.96 bits per heavy atom. The van der Waals surface area contributed by atoms with E-state index in [0.717, 1.165) is 36.8 Å². The summed E-state index contributed by atoms with van der Waals surface area (Å²) in [6.07, 6.45) is 2.47.